The van der Waals surface area contributed by atoms with E-state index in [1.807, 2.05) is 19.3 Å². The van der Waals surface area contributed by atoms with Gasteiger partial charge in [0.25, 0.3) is 0 Å². The molecule has 0 fully saturated rings. The molecule has 0 saturated carbocycles. The summed E-state index contributed by atoms with van der Waals surface area (Å²) in [5.41, 5.74) is 0. The lowest BCUT2D eigenvalue weighted by Gasteiger charge is -1.98. The number of thioether (sulfide) groups is 1. The maximum atomic E-state index is 11.0. The first-order chi connectivity index (χ1) is 5.04. The minimum Gasteiger partial charge on any atom is -0.295 e. The summed E-state index contributed by atoms with van der Waals surface area (Å²) in [7, 11) is 0. The van der Waals surface area contributed by atoms with E-state index in [2.05, 4.69) is 13.8 Å². The van der Waals surface area contributed by atoms with E-state index in [1.165, 1.54) is 0 Å². The molecule has 11 heavy (non-hydrogen) atoms. The zero-order valence-electron chi connectivity index (χ0n) is 7.63. The maximum Gasteiger partial charge on any atom is 0.158 e. The van der Waals surface area contributed by atoms with Gasteiger partial charge < -0.3 is 0 Å². The van der Waals surface area contributed by atoms with E-state index in [9.17, 15) is 4.79 Å². The molecule has 0 saturated heterocycles. The summed E-state index contributed by atoms with van der Waals surface area (Å²) in [5, 5.41) is 2.44. The standard InChI is InChI=1S/C9H16OS/c1-7(2)9(10)5-6-11-8(3)4/h5-8H,1-4H3/b6-5+. The van der Waals surface area contributed by atoms with Gasteiger partial charge in [0.15, 0.2) is 5.78 Å². The topological polar surface area (TPSA) is 17.1 Å². The Bertz CT molecular complexity index is 148. The lowest BCUT2D eigenvalue weighted by molar-refractivity contribution is -0.117. The molecule has 1 nitrogen and oxygen atoms in total. The highest BCUT2D eigenvalue weighted by Gasteiger charge is 2.00. The normalized spacial score (nSPS) is 11.8. The molecule has 0 rings (SSSR count). The van der Waals surface area contributed by atoms with E-state index in [0.29, 0.717) is 5.25 Å². The molecule has 0 atom stereocenters. The van der Waals surface area contributed by atoms with Crippen LogP contribution in [-0.2, 0) is 4.79 Å². The number of hydrogen-bond donors (Lipinski definition) is 0. The average molecular weight is 172 g/mol. The Hall–Kier alpha value is -0.240. The monoisotopic (exact) mass is 172 g/mol. The van der Waals surface area contributed by atoms with E-state index in [4.69, 9.17) is 0 Å². The number of ketones is 1. The Morgan fingerprint density at radius 1 is 1.27 bits per heavy atom. The first-order valence-electron chi connectivity index (χ1n) is 3.90. The Balaban J connectivity index is 3.66. The van der Waals surface area contributed by atoms with Crippen LogP contribution < -0.4 is 0 Å². The third kappa shape index (κ3) is 6.17. The van der Waals surface area contributed by atoms with Crippen molar-refractivity contribution in [3.05, 3.63) is 11.5 Å². The van der Waals surface area contributed by atoms with Crippen LogP contribution in [0.4, 0.5) is 0 Å². The first-order valence-corrected chi connectivity index (χ1v) is 4.84. The van der Waals surface area contributed by atoms with E-state index < -0.39 is 0 Å². The molecule has 0 aliphatic rings. The SMILES string of the molecule is CC(C)S/C=C/C(=O)C(C)C. The van der Waals surface area contributed by atoms with Crippen molar-refractivity contribution in [3.8, 4) is 0 Å². The van der Waals surface area contributed by atoms with Crippen LogP contribution in [-0.4, -0.2) is 11.0 Å². The quantitative estimate of drug-likeness (QED) is 0.606. The second kappa shape index (κ2) is 5.42. The van der Waals surface area contributed by atoms with Gasteiger partial charge in [-0.25, -0.2) is 0 Å². The van der Waals surface area contributed by atoms with Crippen LogP contribution >= 0.6 is 11.8 Å². The predicted molar refractivity (Wildman–Crippen MR) is 51.7 cm³/mol. The van der Waals surface area contributed by atoms with Crippen LogP contribution in [0.2, 0.25) is 0 Å². The Morgan fingerprint density at radius 3 is 2.18 bits per heavy atom. The molecule has 0 aromatic rings. The average Bonchev–Trinajstić information content (AvgIpc) is 1.86. The molecule has 64 valence electrons. The number of carbonyl (C=O) groups excluding carboxylic acids is 1. The molecule has 0 amide bonds. The third-order valence-corrected chi connectivity index (χ3v) is 1.99. The van der Waals surface area contributed by atoms with Gasteiger partial charge in [0, 0.05) is 11.2 Å². The van der Waals surface area contributed by atoms with Gasteiger partial charge in [-0.15, -0.1) is 11.8 Å². The molecule has 0 aromatic heterocycles. The Morgan fingerprint density at radius 2 is 1.82 bits per heavy atom. The molecular weight excluding hydrogens is 156 g/mol. The second-order valence-corrected chi connectivity index (χ2v) is 4.53. The fourth-order valence-corrected chi connectivity index (χ4v) is 0.983. The van der Waals surface area contributed by atoms with Crippen molar-refractivity contribution in [2.75, 3.05) is 0 Å². The summed E-state index contributed by atoms with van der Waals surface area (Å²) in [5.74, 6) is 0.331. The minimum atomic E-state index is 0.124. The summed E-state index contributed by atoms with van der Waals surface area (Å²) < 4.78 is 0. The van der Waals surface area contributed by atoms with Gasteiger partial charge >= 0.3 is 0 Å². The van der Waals surface area contributed by atoms with Gasteiger partial charge in [-0.2, -0.15) is 0 Å². The van der Waals surface area contributed by atoms with Crippen molar-refractivity contribution in [2.24, 2.45) is 5.92 Å². The van der Waals surface area contributed by atoms with Gasteiger partial charge in [-0.1, -0.05) is 27.7 Å². The van der Waals surface area contributed by atoms with Crippen molar-refractivity contribution in [1.29, 1.82) is 0 Å². The molecule has 0 aliphatic carbocycles. The van der Waals surface area contributed by atoms with Gasteiger partial charge in [0.1, 0.15) is 0 Å². The van der Waals surface area contributed by atoms with Gasteiger partial charge in [0.2, 0.25) is 0 Å². The van der Waals surface area contributed by atoms with Crippen molar-refractivity contribution in [2.45, 2.75) is 32.9 Å². The van der Waals surface area contributed by atoms with Crippen molar-refractivity contribution < 1.29 is 4.79 Å². The van der Waals surface area contributed by atoms with E-state index in [-0.39, 0.29) is 11.7 Å². The van der Waals surface area contributed by atoms with Crippen molar-refractivity contribution in [3.63, 3.8) is 0 Å². The summed E-state index contributed by atoms with van der Waals surface area (Å²) >= 11 is 1.68. The molecule has 0 aromatic carbocycles. The molecule has 0 radical (unpaired) electrons. The van der Waals surface area contributed by atoms with Gasteiger partial charge in [-0.05, 0) is 11.5 Å². The zero-order chi connectivity index (χ0) is 8.85. The molecule has 0 bridgehead atoms. The minimum absolute atomic E-state index is 0.124. The molecular formula is C9H16OS. The summed E-state index contributed by atoms with van der Waals surface area (Å²) in [6.45, 7) is 8.03. The lowest BCUT2D eigenvalue weighted by atomic mass is 10.1. The third-order valence-electron chi connectivity index (χ3n) is 1.15. The van der Waals surface area contributed by atoms with Crippen LogP contribution in [0.3, 0.4) is 0 Å². The number of hydrogen-bond acceptors (Lipinski definition) is 2. The highest BCUT2D eigenvalue weighted by atomic mass is 32.2. The van der Waals surface area contributed by atoms with Crippen molar-refractivity contribution in [1.82, 2.24) is 0 Å². The van der Waals surface area contributed by atoms with E-state index >= 15 is 0 Å². The smallest absolute Gasteiger partial charge is 0.158 e. The Kier molecular flexibility index (Phi) is 5.30. The predicted octanol–water partition coefficient (Wildman–Crippen LogP) is 2.87. The molecule has 0 spiro atoms. The largest absolute Gasteiger partial charge is 0.295 e. The van der Waals surface area contributed by atoms with Crippen LogP contribution in [0.1, 0.15) is 27.7 Å². The highest BCUT2D eigenvalue weighted by Crippen LogP contribution is 2.10. The molecule has 0 aliphatic heterocycles. The van der Waals surface area contributed by atoms with E-state index in [0.717, 1.165) is 0 Å². The number of rotatable bonds is 4. The zero-order valence-corrected chi connectivity index (χ0v) is 8.44. The number of allylic oxidation sites excluding steroid dienone is 1. The van der Waals surface area contributed by atoms with Crippen LogP contribution in [0.5, 0.6) is 0 Å². The highest BCUT2D eigenvalue weighted by molar-refractivity contribution is 8.02. The first kappa shape index (κ1) is 10.8. The molecule has 2 heteroatoms. The van der Waals surface area contributed by atoms with E-state index in [1.54, 1.807) is 17.8 Å². The Labute approximate surface area is 73.3 Å². The molecule has 0 N–H and O–H groups in total. The van der Waals surface area contributed by atoms with Crippen molar-refractivity contribution >= 4 is 17.5 Å². The maximum absolute atomic E-state index is 11.0. The molecule has 0 unspecified atom stereocenters. The summed E-state index contributed by atoms with van der Waals surface area (Å²) in [4.78, 5) is 11.0. The number of carbonyl (C=O) groups is 1. The van der Waals surface area contributed by atoms with Crippen LogP contribution in [0.15, 0.2) is 11.5 Å². The fraction of sp³-hybridized carbons (Fsp3) is 0.667. The molecule has 0 heterocycles. The lowest BCUT2D eigenvalue weighted by Crippen LogP contribution is -2.01. The van der Waals surface area contributed by atoms with Crippen LogP contribution in [0.25, 0.3) is 0 Å². The fourth-order valence-electron chi connectivity index (χ4n) is 0.456. The summed E-state index contributed by atoms with van der Waals surface area (Å²) in [6, 6.07) is 0. The van der Waals surface area contributed by atoms with Gasteiger partial charge in [0.05, 0.1) is 0 Å². The second-order valence-electron chi connectivity index (χ2n) is 3.04. The van der Waals surface area contributed by atoms with Crippen LogP contribution in [0, 0.1) is 5.92 Å². The summed E-state index contributed by atoms with van der Waals surface area (Å²) in [6.07, 6.45) is 1.66. The van der Waals surface area contributed by atoms with Gasteiger partial charge in [-0.3, -0.25) is 4.79 Å².